The molecule has 0 aliphatic carbocycles. The van der Waals surface area contributed by atoms with E-state index < -0.39 is 0 Å². The van der Waals surface area contributed by atoms with Crippen LogP contribution in [-0.4, -0.2) is 32.1 Å². The molecule has 1 saturated heterocycles. The number of anilines is 1. The van der Waals surface area contributed by atoms with Crippen molar-refractivity contribution in [2.45, 2.75) is 25.8 Å². The molecule has 0 spiro atoms. The fraction of sp³-hybridized carbons (Fsp3) is 0.231. The molecule has 2 aromatic carbocycles. The summed E-state index contributed by atoms with van der Waals surface area (Å²) in [7, 11) is 0. The molecule has 2 aromatic heterocycles. The molecule has 1 aliphatic rings. The highest BCUT2D eigenvalue weighted by molar-refractivity contribution is 5.87. The number of fused-ring (bicyclic) bond motifs is 1. The van der Waals surface area contributed by atoms with Crippen LogP contribution in [0.4, 0.5) is 10.2 Å². The van der Waals surface area contributed by atoms with Crippen LogP contribution in [0.3, 0.4) is 0 Å². The van der Waals surface area contributed by atoms with E-state index in [1.54, 1.807) is 15.3 Å². The molecule has 0 radical (unpaired) electrons. The summed E-state index contributed by atoms with van der Waals surface area (Å²) in [6.45, 7) is 2.74. The Labute approximate surface area is 196 Å². The number of nitrogens with zero attached hydrogens (tertiary/aromatic N) is 4. The van der Waals surface area contributed by atoms with Crippen molar-refractivity contribution in [1.82, 2.24) is 19.0 Å². The second-order valence-corrected chi connectivity index (χ2v) is 8.47. The zero-order chi connectivity index (χ0) is 23.7. The summed E-state index contributed by atoms with van der Waals surface area (Å²) < 4.78 is 22.8. The maximum atomic E-state index is 13.7. The number of hydrogen-bond donors (Lipinski definition) is 1. The van der Waals surface area contributed by atoms with Gasteiger partial charge in [0.1, 0.15) is 28.7 Å². The number of benzene rings is 2. The van der Waals surface area contributed by atoms with E-state index >= 15 is 0 Å². The zero-order valence-electron chi connectivity index (χ0n) is 18.9. The van der Waals surface area contributed by atoms with Gasteiger partial charge in [-0.2, -0.15) is 0 Å². The summed E-state index contributed by atoms with van der Waals surface area (Å²) >= 11 is 0. The van der Waals surface area contributed by atoms with Gasteiger partial charge in [-0.25, -0.2) is 14.2 Å². The van der Waals surface area contributed by atoms with Crippen LogP contribution in [0.25, 0.3) is 16.7 Å². The van der Waals surface area contributed by atoms with Gasteiger partial charge in [-0.05, 0) is 62.2 Å². The number of halogens is 1. The fourth-order valence-electron chi connectivity index (χ4n) is 4.63. The van der Waals surface area contributed by atoms with E-state index in [1.807, 2.05) is 65.6 Å². The number of pyridine rings is 1. The van der Waals surface area contributed by atoms with Crippen molar-refractivity contribution in [3.63, 3.8) is 0 Å². The largest absolute Gasteiger partial charge is 0.457 e. The second kappa shape index (κ2) is 9.05. The number of imidazole rings is 1. The number of hydrogen-bond acceptors (Lipinski definition) is 5. The zero-order valence-corrected chi connectivity index (χ0v) is 18.9. The van der Waals surface area contributed by atoms with Crippen molar-refractivity contribution >= 4 is 16.9 Å². The van der Waals surface area contributed by atoms with Crippen LogP contribution >= 0.6 is 0 Å². The molecule has 2 N–H and O–H groups in total. The molecule has 3 heterocycles. The Kier molecular flexibility index (Phi) is 5.79. The molecule has 0 bridgehead atoms. The van der Waals surface area contributed by atoms with Crippen molar-refractivity contribution in [3.8, 4) is 17.2 Å². The van der Waals surface area contributed by atoms with Crippen molar-refractivity contribution < 1.29 is 9.13 Å². The molecule has 0 unspecified atom stereocenters. The number of likely N-dealkylation sites (tertiary alicyclic amines) is 1. The summed E-state index contributed by atoms with van der Waals surface area (Å²) in [5.74, 6) is 1.43. The first-order valence-electron chi connectivity index (χ1n) is 11.3. The smallest absolute Gasteiger partial charge is 0.334 e. The van der Waals surface area contributed by atoms with E-state index in [4.69, 9.17) is 10.5 Å². The van der Waals surface area contributed by atoms with Gasteiger partial charge in [-0.15, -0.1) is 0 Å². The summed E-state index contributed by atoms with van der Waals surface area (Å²) in [5.41, 5.74) is 8.01. The minimum absolute atomic E-state index is 0.108. The molecular weight excluding hydrogens is 433 g/mol. The molecule has 1 aliphatic heterocycles. The summed E-state index contributed by atoms with van der Waals surface area (Å²) in [6, 6.07) is 18.5. The van der Waals surface area contributed by atoms with Crippen LogP contribution in [-0.2, 0) is 0 Å². The van der Waals surface area contributed by atoms with Crippen LogP contribution < -0.4 is 16.2 Å². The fourth-order valence-corrected chi connectivity index (χ4v) is 4.63. The summed E-state index contributed by atoms with van der Waals surface area (Å²) in [6.07, 6.45) is 4.80. The number of para-hydroxylation sites is 1. The lowest BCUT2D eigenvalue weighted by molar-refractivity contribution is 0.231. The molecule has 5 rings (SSSR count). The predicted octanol–water partition coefficient (Wildman–Crippen LogP) is 5.03. The highest BCUT2D eigenvalue weighted by Gasteiger charge is 2.26. The maximum Gasteiger partial charge on any atom is 0.334 e. The van der Waals surface area contributed by atoms with Gasteiger partial charge in [0.2, 0.25) is 0 Å². The Morgan fingerprint density at radius 1 is 1.12 bits per heavy atom. The summed E-state index contributed by atoms with van der Waals surface area (Å²) in [5, 5.41) is 0. The Bertz CT molecular complexity index is 1390. The Hall–Kier alpha value is -4.07. The van der Waals surface area contributed by atoms with E-state index in [0.29, 0.717) is 23.5 Å². The van der Waals surface area contributed by atoms with Crippen molar-refractivity contribution in [1.29, 1.82) is 0 Å². The lowest BCUT2D eigenvalue weighted by atomic mass is 10.1. The van der Waals surface area contributed by atoms with Crippen molar-refractivity contribution in [2.24, 2.45) is 0 Å². The molecule has 4 aromatic rings. The number of rotatable bonds is 5. The van der Waals surface area contributed by atoms with Gasteiger partial charge in [0.25, 0.3) is 0 Å². The number of ether oxygens (including phenoxy) is 1. The van der Waals surface area contributed by atoms with E-state index in [2.05, 4.69) is 4.98 Å². The average Bonchev–Trinajstić information content (AvgIpc) is 3.13. The lowest BCUT2D eigenvalue weighted by Crippen LogP contribution is -2.37. The minimum atomic E-state index is -0.248. The highest BCUT2D eigenvalue weighted by atomic mass is 19.1. The van der Waals surface area contributed by atoms with Crippen LogP contribution in [0.15, 0.2) is 83.7 Å². The topological polar surface area (TPSA) is 78.3 Å². The quantitative estimate of drug-likeness (QED) is 0.453. The molecular formula is C26H26FN5O2. The highest BCUT2D eigenvalue weighted by Crippen LogP contribution is 2.29. The standard InChI is InChI=1S/C26H26FN5O2/c1-18(27)16-30-15-5-6-20(17-30)31-23-13-14-29-25(28)24(23)32(26(31)33)19-9-11-22(12-10-19)34-21-7-3-2-4-8-21/h2-4,7-14,16,20H,5-6,15,17H2,1H3,(H2,28,29)/t20-/m1/s1. The number of allylic oxidation sites excluding steroid dienone is 1. The van der Waals surface area contributed by atoms with Crippen molar-refractivity contribution in [2.75, 3.05) is 18.8 Å². The normalized spacial score (nSPS) is 16.7. The van der Waals surface area contributed by atoms with Crippen LogP contribution in [0, 0.1) is 0 Å². The molecule has 0 saturated carbocycles. The van der Waals surface area contributed by atoms with Gasteiger partial charge in [0.05, 0.1) is 17.2 Å². The first kappa shape index (κ1) is 21.8. The minimum Gasteiger partial charge on any atom is -0.457 e. The monoisotopic (exact) mass is 459 g/mol. The lowest BCUT2D eigenvalue weighted by Gasteiger charge is -2.32. The van der Waals surface area contributed by atoms with E-state index in [1.165, 1.54) is 13.1 Å². The van der Waals surface area contributed by atoms with Gasteiger partial charge in [0, 0.05) is 25.5 Å². The van der Waals surface area contributed by atoms with Crippen molar-refractivity contribution in [3.05, 3.63) is 89.4 Å². The van der Waals surface area contributed by atoms with E-state index in [0.717, 1.165) is 30.7 Å². The molecule has 34 heavy (non-hydrogen) atoms. The van der Waals surface area contributed by atoms with E-state index in [-0.39, 0.29) is 23.4 Å². The molecule has 0 amide bonds. The van der Waals surface area contributed by atoms with Gasteiger partial charge >= 0.3 is 5.69 Å². The van der Waals surface area contributed by atoms with Gasteiger partial charge in [0.15, 0.2) is 0 Å². The Morgan fingerprint density at radius 2 is 1.85 bits per heavy atom. The Balaban J connectivity index is 1.55. The van der Waals surface area contributed by atoms with Crippen LogP contribution in [0.5, 0.6) is 11.5 Å². The number of nitrogens with two attached hydrogens (primary N) is 1. The number of piperidine rings is 1. The predicted molar refractivity (Wildman–Crippen MR) is 131 cm³/mol. The Morgan fingerprint density at radius 3 is 2.59 bits per heavy atom. The SMILES string of the molecule is CC(F)=CN1CCC[C@@H](n2c(=O)n(-c3ccc(Oc4ccccc4)cc3)c3c(N)nccc32)C1. The maximum absolute atomic E-state index is 13.7. The first-order valence-corrected chi connectivity index (χ1v) is 11.3. The molecule has 8 heteroatoms. The molecule has 1 fully saturated rings. The second-order valence-electron chi connectivity index (χ2n) is 8.47. The molecule has 7 nitrogen and oxygen atoms in total. The number of nitrogen functional groups attached to an aromatic ring is 1. The third-order valence-corrected chi connectivity index (χ3v) is 6.04. The van der Waals surface area contributed by atoms with Gasteiger partial charge in [-0.1, -0.05) is 18.2 Å². The van der Waals surface area contributed by atoms with Gasteiger partial charge < -0.3 is 15.4 Å². The third-order valence-electron chi connectivity index (χ3n) is 6.04. The van der Waals surface area contributed by atoms with E-state index in [9.17, 15) is 9.18 Å². The average molecular weight is 460 g/mol. The molecule has 174 valence electrons. The van der Waals surface area contributed by atoms with Gasteiger partial charge in [-0.3, -0.25) is 9.13 Å². The number of aromatic nitrogens is 3. The summed E-state index contributed by atoms with van der Waals surface area (Å²) in [4.78, 5) is 19.9. The van der Waals surface area contributed by atoms with Crippen LogP contribution in [0.1, 0.15) is 25.8 Å². The van der Waals surface area contributed by atoms with Crippen LogP contribution in [0.2, 0.25) is 0 Å². The third kappa shape index (κ3) is 4.14. The first-order chi connectivity index (χ1) is 16.5. The molecule has 1 atom stereocenters.